The molecule has 0 saturated carbocycles. The van der Waals surface area contributed by atoms with Crippen molar-refractivity contribution in [2.45, 2.75) is 13.3 Å². The zero-order chi connectivity index (χ0) is 13.4. The van der Waals surface area contributed by atoms with Crippen molar-refractivity contribution in [1.29, 1.82) is 0 Å². The number of rotatable bonds is 5. The molecule has 0 fully saturated rings. The average molecular weight is 376 g/mol. The van der Waals surface area contributed by atoms with Gasteiger partial charge in [-0.15, -0.1) is 24.0 Å². The van der Waals surface area contributed by atoms with Crippen molar-refractivity contribution >= 4 is 35.8 Å². The predicted octanol–water partition coefficient (Wildman–Crippen LogP) is 1.13. The first-order valence-electron chi connectivity index (χ1n) is 6.02. The maximum absolute atomic E-state index is 11.5. The summed E-state index contributed by atoms with van der Waals surface area (Å²) in [5.74, 6) is 0.382. The predicted molar refractivity (Wildman–Crippen MR) is 89.1 cm³/mol. The third-order valence-electron chi connectivity index (χ3n) is 2.46. The average Bonchev–Trinajstić information content (AvgIpc) is 2.38. The minimum Gasteiger partial charge on any atom is -0.370 e. The van der Waals surface area contributed by atoms with Gasteiger partial charge in [0.1, 0.15) is 0 Å². The summed E-state index contributed by atoms with van der Waals surface area (Å²) in [6.45, 7) is 3.34. The van der Waals surface area contributed by atoms with Crippen LogP contribution >= 0.6 is 24.0 Å². The topological polar surface area (TPSA) is 79.5 Å². The van der Waals surface area contributed by atoms with Gasteiger partial charge in [-0.1, -0.05) is 12.1 Å². The van der Waals surface area contributed by atoms with E-state index < -0.39 is 0 Å². The number of nitrogens with one attached hydrogen (secondary N) is 2. The van der Waals surface area contributed by atoms with Crippen molar-refractivity contribution in [3.63, 3.8) is 0 Å². The van der Waals surface area contributed by atoms with Gasteiger partial charge in [0.2, 0.25) is 0 Å². The zero-order valence-corrected chi connectivity index (χ0v) is 13.6. The molecule has 0 spiro atoms. The van der Waals surface area contributed by atoms with Crippen LogP contribution in [0.3, 0.4) is 0 Å². The van der Waals surface area contributed by atoms with Crippen LogP contribution < -0.4 is 16.4 Å². The van der Waals surface area contributed by atoms with Gasteiger partial charge < -0.3 is 16.4 Å². The largest absolute Gasteiger partial charge is 0.370 e. The summed E-state index contributed by atoms with van der Waals surface area (Å²) in [6, 6.07) is 7.51. The number of amides is 1. The molecule has 1 rings (SSSR count). The van der Waals surface area contributed by atoms with Crippen LogP contribution in [0.1, 0.15) is 22.8 Å². The van der Waals surface area contributed by atoms with Crippen molar-refractivity contribution in [3.8, 4) is 0 Å². The van der Waals surface area contributed by atoms with Crippen LogP contribution in [-0.4, -0.2) is 32.0 Å². The number of hydrogen-bond acceptors (Lipinski definition) is 2. The van der Waals surface area contributed by atoms with Crippen LogP contribution in [0, 0.1) is 0 Å². The van der Waals surface area contributed by atoms with Gasteiger partial charge in [-0.2, -0.15) is 0 Å². The highest BCUT2D eigenvalue weighted by Crippen LogP contribution is 2.06. The summed E-state index contributed by atoms with van der Waals surface area (Å²) < 4.78 is 0. The molecule has 0 aliphatic rings. The van der Waals surface area contributed by atoms with Crippen LogP contribution in [0.25, 0.3) is 0 Å². The Hall–Kier alpha value is -1.31. The fourth-order valence-electron chi connectivity index (χ4n) is 1.55. The van der Waals surface area contributed by atoms with Gasteiger partial charge in [-0.3, -0.25) is 9.79 Å². The quantitative estimate of drug-likeness (QED) is 0.410. The number of carbonyl (C=O) groups is 1. The van der Waals surface area contributed by atoms with Crippen molar-refractivity contribution in [2.75, 3.05) is 20.1 Å². The number of hydrogen-bond donors (Lipinski definition) is 3. The molecule has 0 unspecified atom stereocenters. The van der Waals surface area contributed by atoms with E-state index in [1.54, 1.807) is 13.1 Å². The minimum absolute atomic E-state index is 0. The third-order valence-corrected chi connectivity index (χ3v) is 2.46. The van der Waals surface area contributed by atoms with Gasteiger partial charge in [0.15, 0.2) is 5.96 Å². The molecule has 1 aromatic carbocycles. The lowest BCUT2D eigenvalue weighted by molar-refractivity contribution is 0.0963. The number of guanidine groups is 1. The Morgan fingerprint density at radius 1 is 1.42 bits per heavy atom. The molecule has 0 bridgehead atoms. The normalized spacial score (nSPS) is 10.5. The smallest absolute Gasteiger partial charge is 0.251 e. The summed E-state index contributed by atoms with van der Waals surface area (Å²) >= 11 is 0. The molecule has 0 saturated heterocycles. The molecule has 5 nitrogen and oxygen atoms in total. The fraction of sp³-hybridized carbons (Fsp3) is 0.385. The number of halogens is 1. The minimum atomic E-state index is -0.0764. The lowest BCUT2D eigenvalue weighted by atomic mass is 10.1. The highest BCUT2D eigenvalue weighted by molar-refractivity contribution is 14.0. The van der Waals surface area contributed by atoms with E-state index in [-0.39, 0.29) is 29.9 Å². The molecule has 0 atom stereocenters. The molecule has 19 heavy (non-hydrogen) atoms. The molecule has 0 aliphatic heterocycles. The second-order valence-corrected chi connectivity index (χ2v) is 3.83. The number of nitrogens with two attached hydrogens (primary N) is 1. The lowest BCUT2D eigenvalue weighted by Gasteiger charge is -2.04. The molecule has 0 heterocycles. The van der Waals surface area contributed by atoms with Gasteiger partial charge in [0, 0.05) is 25.7 Å². The van der Waals surface area contributed by atoms with Crippen LogP contribution in [0.15, 0.2) is 29.3 Å². The maximum Gasteiger partial charge on any atom is 0.251 e. The summed E-state index contributed by atoms with van der Waals surface area (Å²) in [5, 5.41) is 5.54. The fourth-order valence-corrected chi connectivity index (χ4v) is 1.55. The summed E-state index contributed by atoms with van der Waals surface area (Å²) in [6.07, 6.45) is 0.761. The van der Waals surface area contributed by atoms with Crippen molar-refractivity contribution < 1.29 is 4.79 Å². The molecule has 1 aromatic rings. The Bertz CT molecular complexity index is 434. The van der Waals surface area contributed by atoms with Crippen LogP contribution in [-0.2, 0) is 6.42 Å². The van der Waals surface area contributed by atoms with Gasteiger partial charge >= 0.3 is 0 Å². The molecule has 1 amide bonds. The second-order valence-electron chi connectivity index (χ2n) is 3.83. The summed E-state index contributed by atoms with van der Waals surface area (Å²) in [7, 11) is 1.62. The van der Waals surface area contributed by atoms with Gasteiger partial charge in [0.25, 0.3) is 5.91 Å². The molecular weight excluding hydrogens is 355 g/mol. The Morgan fingerprint density at radius 2 is 2.16 bits per heavy atom. The molecule has 6 heteroatoms. The Balaban J connectivity index is 0.00000324. The van der Waals surface area contributed by atoms with E-state index in [2.05, 4.69) is 15.6 Å². The van der Waals surface area contributed by atoms with E-state index in [1.807, 2.05) is 25.1 Å². The summed E-state index contributed by atoms with van der Waals surface area (Å²) in [5.41, 5.74) is 7.36. The molecule has 106 valence electrons. The lowest BCUT2D eigenvalue weighted by Crippen LogP contribution is -2.31. The SMILES string of the molecule is CCNC(N)=NCCc1cccc(C(=O)NC)c1.I. The first-order valence-corrected chi connectivity index (χ1v) is 6.02. The number of carbonyl (C=O) groups excluding carboxylic acids is 1. The van der Waals surface area contributed by atoms with Crippen molar-refractivity contribution in [2.24, 2.45) is 10.7 Å². The Labute approximate surface area is 131 Å². The van der Waals surface area contributed by atoms with Gasteiger partial charge in [-0.05, 0) is 31.0 Å². The second kappa shape index (κ2) is 9.60. The maximum atomic E-state index is 11.5. The highest BCUT2D eigenvalue weighted by Gasteiger charge is 2.03. The van der Waals surface area contributed by atoms with E-state index in [9.17, 15) is 4.79 Å². The zero-order valence-electron chi connectivity index (χ0n) is 11.3. The first kappa shape index (κ1) is 17.7. The van der Waals surface area contributed by atoms with Crippen LogP contribution in [0.4, 0.5) is 0 Å². The monoisotopic (exact) mass is 376 g/mol. The molecule has 0 radical (unpaired) electrons. The first-order chi connectivity index (χ1) is 8.67. The van der Waals surface area contributed by atoms with Crippen LogP contribution in [0.2, 0.25) is 0 Å². The van der Waals surface area contributed by atoms with Crippen molar-refractivity contribution in [3.05, 3.63) is 35.4 Å². The number of nitrogens with zero attached hydrogens (tertiary/aromatic N) is 1. The molecular formula is C13H21IN4O. The molecule has 0 aliphatic carbocycles. The van der Waals surface area contributed by atoms with Gasteiger partial charge in [0.05, 0.1) is 0 Å². The van der Waals surface area contributed by atoms with Gasteiger partial charge in [-0.25, -0.2) is 0 Å². The van der Waals surface area contributed by atoms with Crippen molar-refractivity contribution in [1.82, 2.24) is 10.6 Å². The Morgan fingerprint density at radius 3 is 2.79 bits per heavy atom. The van der Waals surface area contributed by atoms with E-state index in [1.165, 1.54) is 0 Å². The van der Waals surface area contributed by atoms with E-state index in [0.717, 1.165) is 18.5 Å². The van der Waals surface area contributed by atoms with E-state index in [4.69, 9.17) is 5.73 Å². The number of benzene rings is 1. The van der Waals surface area contributed by atoms with Crippen LogP contribution in [0.5, 0.6) is 0 Å². The van der Waals surface area contributed by atoms with E-state index >= 15 is 0 Å². The highest BCUT2D eigenvalue weighted by atomic mass is 127. The third kappa shape index (κ3) is 6.42. The standard InChI is InChI=1S/C13H20N4O.HI/c1-3-16-13(14)17-8-7-10-5-4-6-11(9-10)12(18)15-2;/h4-6,9H,3,7-8H2,1-2H3,(H,15,18)(H3,14,16,17);1H. The van der Waals surface area contributed by atoms with E-state index in [0.29, 0.717) is 18.1 Å². The molecule has 4 N–H and O–H groups in total. The summed E-state index contributed by atoms with van der Waals surface area (Å²) in [4.78, 5) is 15.7. The Kier molecular flexibility index (Phi) is 8.94. The molecule has 0 aromatic heterocycles. The number of aliphatic imine (C=N–C) groups is 1.